The standard InChI is InChI=1S/C13H16Cl3N/c14-11-5-4-10(13(16)6-11)8-17-7-9-2-1-3-12(9)15/h4-6,9,12,17H,1-3,7-8H2. The van der Waals surface area contributed by atoms with Gasteiger partial charge in [-0.3, -0.25) is 0 Å². The van der Waals surface area contributed by atoms with E-state index in [2.05, 4.69) is 5.32 Å². The molecule has 17 heavy (non-hydrogen) atoms. The number of rotatable bonds is 4. The summed E-state index contributed by atoms with van der Waals surface area (Å²) in [5.41, 5.74) is 1.08. The van der Waals surface area contributed by atoms with Gasteiger partial charge in [-0.1, -0.05) is 35.7 Å². The maximum absolute atomic E-state index is 6.23. The maximum Gasteiger partial charge on any atom is 0.0465 e. The second-order valence-electron chi connectivity index (χ2n) is 4.57. The summed E-state index contributed by atoms with van der Waals surface area (Å²) in [6.07, 6.45) is 3.63. The summed E-state index contributed by atoms with van der Waals surface area (Å²) in [4.78, 5) is 0. The lowest BCUT2D eigenvalue weighted by Crippen LogP contribution is -2.25. The van der Waals surface area contributed by atoms with E-state index in [1.807, 2.05) is 12.1 Å². The minimum atomic E-state index is 0.336. The lowest BCUT2D eigenvalue weighted by Gasteiger charge is -2.14. The number of alkyl halides is 1. The van der Waals surface area contributed by atoms with E-state index >= 15 is 0 Å². The molecule has 2 unspecified atom stereocenters. The average molecular weight is 293 g/mol. The van der Waals surface area contributed by atoms with E-state index in [0.717, 1.165) is 30.1 Å². The second-order valence-corrected chi connectivity index (χ2v) is 5.98. The van der Waals surface area contributed by atoms with Crippen LogP contribution in [0.4, 0.5) is 0 Å². The molecule has 1 saturated carbocycles. The van der Waals surface area contributed by atoms with Crippen LogP contribution in [0.3, 0.4) is 0 Å². The third kappa shape index (κ3) is 3.75. The van der Waals surface area contributed by atoms with Crippen molar-refractivity contribution in [3.05, 3.63) is 33.8 Å². The SMILES string of the molecule is Clc1ccc(CNCC2CCCC2Cl)c(Cl)c1. The van der Waals surface area contributed by atoms with Crippen LogP contribution in [0.1, 0.15) is 24.8 Å². The first-order valence-electron chi connectivity index (χ1n) is 5.95. The average Bonchev–Trinajstić information content (AvgIpc) is 2.68. The third-order valence-corrected chi connectivity index (χ3v) is 4.46. The van der Waals surface area contributed by atoms with E-state index in [1.165, 1.54) is 12.8 Å². The Morgan fingerprint density at radius 3 is 2.71 bits per heavy atom. The molecule has 1 fully saturated rings. The molecule has 0 bridgehead atoms. The van der Waals surface area contributed by atoms with Gasteiger partial charge in [0.1, 0.15) is 0 Å². The molecule has 1 aliphatic rings. The van der Waals surface area contributed by atoms with E-state index in [9.17, 15) is 0 Å². The molecule has 0 aliphatic heterocycles. The molecular formula is C13H16Cl3N. The first-order valence-corrected chi connectivity index (χ1v) is 7.15. The zero-order valence-corrected chi connectivity index (χ0v) is 11.8. The Bertz CT molecular complexity index is 381. The summed E-state index contributed by atoms with van der Waals surface area (Å²) >= 11 is 18.2. The van der Waals surface area contributed by atoms with Crippen LogP contribution in [-0.4, -0.2) is 11.9 Å². The molecular weight excluding hydrogens is 277 g/mol. The van der Waals surface area contributed by atoms with Crippen LogP contribution in [0.2, 0.25) is 10.0 Å². The number of nitrogens with one attached hydrogen (secondary N) is 1. The summed E-state index contributed by atoms with van der Waals surface area (Å²) < 4.78 is 0. The fourth-order valence-corrected chi connectivity index (χ4v) is 3.12. The summed E-state index contributed by atoms with van der Waals surface area (Å²) in [5.74, 6) is 0.600. The zero-order valence-electron chi connectivity index (χ0n) is 9.56. The van der Waals surface area contributed by atoms with Gasteiger partial charge in [0.15, 0.2) is 0 Å². The van der Waals surface area contributed by atoms with Crippen LogP contribution in [0.15, 0.2) is 18.2 Å². The fraction of sp³-hybridized carbons (Fsp3) is 0.538. The Morgan fingerprint density at radius 1 is 1.24 bits per heavy atom. The molecule has 1 N–H and O–H groups in total. The van der Waals surface area contributed by atoms with Gasteiger partial charge < -0.3 is 5.32 Å². The highest BCUT2D eigenvalue weighted by atomic mass is 35.5. The van der Waals surface area contributed by atoms with Crippen molar-refractivity contribution < 1.29 is 0 Å². The Labute approximate surface area is 117 Å². The largest absolute Gasteiger partial charge is 0.312 e. The van der Waals surface area contributed by atoms with Gasteiger partial charge >= 0.3 is 0 Å². The van der Waals surface area contributed by atoms with Gasteiger partial charge in [0.2, 0.25) is 0 Å². The first-order chi connectivity index (χ1) is 8.16. The summed E-state index contributed by atoms with van der Waals surface area (Å²) in [6.45, 7) is 1.74. The molecule has 1 nitrogen and oxygen atoms in total. The molecule has 4 heteroatoms. The van der Waals surface area contributed by atoms with Gasteiger partial charge in [0.05, 0.1) is 0 Å². The molecule has 1 aromatic rings. The molecule has 0 amide bonds. The van der Waals surface area contributed by atoms with Crippen LogP contribution in [0.5, 0.6) is 0 Å². The molecule has 2 rings (SSSR count). The molecule has 0 aromatic heterocycles. The normalized spacial score (nSPS) is 24.2. The lowest BCUT2D eigenvalue weighted by molar-refractivity contribution is 0.494. The molecule has 0 saturated heterocycles. The van der Waals surface area contributed by atoms with Gasteiger partial charge in [-0.15, -0.1) is 11.6 Å². The maximum atomic E-state index is 6.23. The molecule has 2 atom stereocenters. The second kappa shape index (κ2) is 6.29. The van der Waals surface area contributed by atoms with Crippen molar-refractivity contribution in [1.29, 1.82) is 0 Å². The Morgan fingerprint density at radius 2 is 2.06 bits per heavy atom. The molecule has 1 aliphatic carbocycles. The number of benzene rings is 1. The number of halogens is 3. The molecule has 94 valence electrons. The van der Waals surface area contributed by atoms with Gasteiger partial charge in [-0.25, -0.2) is 0 Å². The third-order valence-electron chi connectivity index (χ3n) is 3.30. The first kappa shape index (κ1) is 13.5. The van der Waals surface area contributed by atoms with Crippen molar-refractivity contribution in [3.8, 4) is 0 Å². The highest BCUT2D eigenvalue weighted by molar-refractivity contribution is 6.35. The Balaban J connectivity index is 1.81. The molecule has 1 aromatic carbocycles. The van der Waals surface area contributed by atoms with E-state index in [0.29, 0.717) is 16.3 Å². The van der Waals surface area contributed by atoms with Gasteiger partial charge in [0, 0.05) is 22.0 Å². The zero-order chi connectivity index (χ0) is 12.3. The van der Waals surface area contributed by atoms with Crippen LogP contribution in [0, 0.1) is 5.92 Å². The van der Waals surface area contributed by atoms with Crippen molar-refractivity contribution in [2.75, 3.05) is 6.54 Å². The van der Waals surface area contributed by atoms with Crippen LogP contribution in [-0.2, 0) is 6.54 Å². The van der Waals surface area contributed by atoms with Crippen LogP contribution in [0.25, 0.3) is 0 Å². The minimum Gasteiger partial charge on any atom is -0.312 e. The van der Waals surface area contributed by atoms with E-state index in [4.69, 9.17) is 34.8 Å². The Kier molecular flexibility index (Phi) is 4.98. The fourth-order valence-electron chi connectivity index (χ4n) is 2.28. The van der Waals surface area contributed by atoms with Crippen LogP contribution >= 0.6 is 34.8 Å². The van der Waals surface area contributed by atoms with Gasteiger partial charge in [-0.2, -0.15) is 0 Å². The van der Waals surface area contributed by atoms with E-state index in [-0.39, 0.29) is 0 Å². The van der Waals surface area contributed by atoms with Crippen molar-refractivity contribution in [2.24, 2.45) is 5.92 Å². The topological polar surface area (TPSA) is 12.0 Å². The monoisotopic (exact) mass is 291 g/mol. The van der Waals surface area contributed by atoms with Crippen molar-refractivity contribution in [1.82, 2.24) is 5.32 Å². The summed E-state index contributed by atoms with van der Waals surface area (Å²) in [5, 5.41) is 5.16. The molecule has 0 heterocycles. The predicted octanol–water partition coefficient (Wildman–Crippen LogP) is 4.49. The van der Waals surface area contributed by atoms with Crippen molar-refractivity contribution >= 4 is 34.8 Å². The van der Waals surface area contributed by atoms with Gasteiger partial charge in [-0.05, 0) is 43.0 Å². The number of hydrogen-bond acceptors (Lipinski definition) is 1. The molecule has 0 spiro atoms. The van der Waals surface area contributed by atoms with Crippen molar-refractivity contribution in [2.45, 2.75) is 31.2 Å². The number of hydrogen-bond donors (Lipinski definition) is 1. The smallest absolute Gasteiger partial charge is 0.0465 e. The van der Waals surface area contributed by atoms with E-state index in [1.54, 1.807) is 6.07 Å². The molecule has 0 radical (unpaired) electrons. The quantitative estimate of drug-likeness (QED) is 0.806. The van der Waals surface area contributed by atoms with E-state index < -0.39 is 0 Å². The van der Waals surface area contributed by atoms with Crippen molar-refractivity contribution in [3.63, 3.8) is 0 Å². The van der Waals surface area contributed by atoms with Crippen LogP contribution < -0.4 is 5.32 Å². The Hall–Kier alpha value is 0.0500. The summed E-state index contributed by atoms with van der Waals surface area (Å²) in [7, 11) is 0. The predicted molar refractivity (Wildman–Crippen MR) is 75.2 cm³/mol. The van der Waals surface area contributed by atoms with Gasteiger partial charge in [0.25, 0.3) is 0 Å². The highest BCUT2D eigenvalue weighted by Gasteiger charge is 2.24. The highest BCUT2D eigenvalue weighted by Crippen LogP contribution is 2.29. The minimum absolute atomic E-state index is 0.336. The lowest BCUT2D eigenvalue weighted by atomic mass is 10.1. The summed E-state index contributed by atoms with van der Waals surface area (Å²) in [6, 6.07) is 5.61.